The van der Waals surface area contributed by atoms with Crippen molar-refractivity contribution in [1.82, 2.24) is 0 Å². The lowest BCUT2D eigenvalue weighted by atomic mass is 9.98. The lowest BCUT2D eigenvalue weighted by Gasteiger charge is -2.09. The Morgan fingerprint density at radius 1 is 0.619 bits per heavy atom. The zero-order valence-corrected chi connectivity index (χ0v) is 11.1. The summed E-state index contributed by atoms with van der Waals surface area (Å²) >= 11 is 0. The highest BCUT2D eigenvalue weighted by Gasteiger charge is 2.11. The first-order chi connectivity index (χ1) is 10.2. The summed E-state index contributed by atoms with van der Waals surface area (Å²) in [6.45, 7) is 0. The highest BCUT2D eigenvalue weighted by molar-refractivity contribution is 5.76. The van der Waals surface area contributed by atoms with Crippen LogP contribution in [0.15, 0.2) is 66.7 Å². The zero-order valence-electron chi connectivity index (χ0n) is 11.1. The van der Waals surface area contributed by atoms with Crippen LogP contribution in [0.25, 0.3) is 22.3 Å². The van der Waals surface area contributed by atoms with Gasteiger partial charge in [0.1, 0.15) is 17.3 Å². The molecule has 3 heteroatoms. The molecule has 0 saturated carbocycles. The summed E-state index contributed by atoms with van der Waals surface area (Å²) in [5.74, 6) is -0.309. The highest BCUT2D eigenvalue weighted by Crippen LogP contribution is 2.35. The molecule has 104 valence electrons. The molecule has 2 nitrogen and oxygen atoms in total. The fourth-order valence-corrected chi connectivity index (χ4v) is 2.32. The van der Waals surface area contributed by atoms with Gasteiger partial charge in [0.2, 0.25) is 0 Å². The van der Waals surface area contributed by atoms with Gasteiger partial charge in [-0.2, -0.15) is 0 Å². The molecule has 0 aliphatic carbocycles. The Hall–Kier alpha value is -2.81. The van der Waals surface area contributed by atoms with E-state index < -0.39 is 5.82 Å². The maximum Gasteiger partial charge on any atom is 0.131 e. The lowest BCUT2D eigenvalue weighted by molar-refractivity contribution is 0.476. The third-order valence-electron chi connectivity index (χ3n) is 3.38. The third kappa shape index (κ3) is 2.46. The second-order valence-electron chi connectivity index (χ2n) is 4.73. The van der Waals surface area contributed by atoms with Crippen LogP contribution in [-0.4, -0.2) is 10.2 Å². The predicted octanol–water partition coefficient (Wildman–Crippen LogP) is 4.57. The molecule has 0 heterocycles. The molecule has 0 spiro atoms. The van der Waals surface area contributed by atoms with E-state index in [1.54, 1.807) is 54.6 Å². The lowest BCUT2D eigenvalue weighted by Crippen LogP contribution is -1.87. The Labute approximate surface area is 121 Å². The molecule has 3 aromatic carbocycles. The Morgan fingerprint density at radius 3 is 1.76 bits per heavy atom. The molecule has 2 N–H and O–H groups in total. The van der Waals surface area contributed by atoms with Crippen LogP contribution in [0.5, 0.6) is 11.5 Å². The van der Waals surface area contributed by atoms with Gasteiger partial charge in [-0.25, -0.2) is 4.39 Å². The molecule has 0 unspecified atom stereocenters. The van der Waals surface area contributed by atoms with Crippen molar-refractivity contribution in [2.24, 2.45) is 0 Å². The fraction of sp³-hybridized carbons (Fsp3) is 0. The number of phenols is 2. The van der Waals surface area contributed by atoms with Gasteiger partial charge in [0.25, 0.3) is 0 Å². The van der Waals surface area contributed by atoms with Crippen molar-refractivity contribution in [3.8, 4) is 33.8 Å². The van der Waals surface area contributed by atoms with E-state index in [4.69, 9.17) is 0 Å². The maximum absolute atomic E-state index is 14.3. The van der Waals surface area contributed by atoms with Crippen molar-refractivity contribution < 1.29 is 14.6 Å². The fourth-order valence-electron chi connectivity index (χ4n) is 2.32. The van der Waals surface area contributed by atoms with Gasteiger partial charge in [0.15, 0.2) is 0 Å². The van der Waals surface area contributed by atoms with Crippen LogP contribution in [0.3, 0.4) is 0 Å². The van der Waals surface area contributed by atoms with E-state index in [1.165, 1.54) is 12.1 Å². The maximum atomic E-state index is 14.3. The molecule has 0 aliphatic heterocycles. The minimum atomic E-state index is -0.447. The zero-order chi connectivity index (χ0) is 14.8. The Balaban J connectivity index is 2.09. The van der Waals surface area contributed by atoms with Gasteiger partial charge in [0, 0.05) is 16.7 Å². The molecule has 0 fully saturated rings. The van der Waals surface area contributed by atoms with Crippen LogP contribution >= 0.6 is 0 Å². The molecule has 0 saturated heterocycles. The van der Waals surface area contributed by atoms with E-state index in [-0.39, 0.29) is 11.5 Å². The summed E-state index contributed by atoms with van der Waals surface area (Å²) in [5, 5.41) is 19.6. The molecule has 0 aromatic heterocycles. The standard InChI is InChI=1S/C18H13FO2/c19-16-11-12(13-5-1-3-7-17(13)20)9-10-14(16)15-6-2-4-8-18(15)21/h1-11,20-21H. The first-order valence-corrected chi connectivity index (χ1v) is 6.53. The molecule has 0 radical (unpaired) electrons. The second kappa shape index (κ2) is 5.29. The van der Waals surface area contributed by atoms with Crippen molar-refractivity contribution in [1.29, 1.82) is 0 Å². The minimum Gasteiger partial charge on any atom is -0.507 e. The second-order valence-corrected chi connectivity index (χ2v) is 4.73. The van der Waals surface area contributed by atoms with Crippen LogP contribution in [-0.2, 0) is 0 Å². The Morgan fingerprint density at radius 2 is 1.19 bits per heavy atom. The first kappa shape index (κ1) is 13.2. The molecule has 0 bridgehead atoms. The smallest absolute Gasteiger partial charge is 0.131 e. The van der Waals surface area contributed by atoms with Crippen LogP contribution in [0.1, 0.15) is 0 Å². The van der Waals surface area contributed by atoms with Gasteiger partial charge in [-0.15, -0.1) is 0 Å². The van der Waals surface area contributed by atoms with E-state index in [9.17, 15) is 14.6 Å². The quantitative estimate of drug-likeness (QED) is 0.721. The van der Waals surface area contributed by atoms with E-state index in [0.29, 0.717) is 22.3 Å². The van der Waals surface area contributed by atoms with Gasteiger partial charge >= 0.3 is 0 Å². The van der Waals surface area contributed by atoms with Gasteiger partial charge in [0.05, 0.1) is 0 Å². The van der Waals surface area contributed by atoms with Crippen LogP contribution in [0.2, 0.25) is 0 Å². The summed E-state index contributed by atoms with van der Waals surface area (Å²) in [7, 11) is 0. The van der Waals surface area contributed by atoms with Crippen LogP contribution in [0.4, 0.5) is 4.39 Å². The number of halogens is 1. The van der Waals surface area contributed by atoms with Crippen molar-refractivity contribution in [3.63, 3.8) is 0 Å². The molecule has 0 atom stereocenters. The summed E-state index contributed by atoms with van der Waals surface area (Å²) < 4.78 is 14.3. The summed E-state index contributed by atoms with van der Waals surface area (Å²) in [6.07, 6.45) is 0. The largest absolute Gasteiger partial charge is 0.507 e. The predicted molar refractivity (Wildman–Crippen MR) is 80.6 cm³/mol. The third-order valence-corrected chi connectivity index (χ3v) is 3.38. The van der Waals surface area contributed by atoms with E-state index >= 15 is 0 Å². The molecular formula is C18H13FO2. The highest BCUT2D eigenvalue weighted by atomic mass is 19.1. The number of benzene rings is 3. The summed E-state index contributed by atoms with van der Waals surface area (Å²) in [5.41, 5.74) is 1.93. The van der Waals surface area contributed by atoms with Gasteiger partial charge in [-0.3, -0.25) is 0 Å². The number of hydrogen-bond acceptors (Lipinski definition) is 2. The number of rotatable bonds is 2. The molecular weight excluding hydrogens is 267 g/mol. The van der Waals surface area contributed by atoms with E-state index in [1.807, 2.05) is 0 Å². The number of aromatic hydroxyl groups is 2. The van der Waals surface area contributed by atoms with Crippen molar-refractivity contribution >= 4 is 0 Å². The summed E-state index contributed by atoms with van der Waals surface area (Å²) in [6, 6.07) is 18.1. The SMILES string of the molecule is Oc1ccccc1-c1ccc(-c2ccccc2O)c(F)c1. The normalized spacial score (nSPS) is 10.5. The minimum absolute atomic E-state index is 0.0340. The topological polar surface area (TPSA) is 40.5 Å². The van der Waals surface area contributed by atoms with Crippen molar-refractivity contribution in [2.45, 2.75) is 0 Å². The number of para-hydroxylation sites is 2. The van der Waals surface area contributed by atoms with Crippen molar-refractivity contribution in [3.05, 3.63) is 72.5 Å². The molecule has 0 amide bonds. The van der Waals surface area contributed by atoms with E-state index in [2.05, 4.69) is 0 Å². The molecule has 3 rings (SSSR count). The van der Waals surface area contributed by atoms with Gasteiger partial charge < -0.3 is 10.2 Å². The average Bonchev–Trinajstić information content (AvgIpc) is 2.49. The van der Waals surface area contributed by atoms with Crippen molar-refractivity contribution in [2.75, 3.05) is 0 Å². The van der Waals surface area contributed by atoms with Gasteiger partial charge in [-0.05, 0) is 23.8 Å². The first-order valence-electron chi connectivity index (χ1n) is 6.53. The monoisotopic (exact) mass is 280 g/mol. The Bertz CT molecular complexity index is 797. The summed E-state index contributed by atoms with van der Waals surface area (Å²) in [4.78, 5) is 0. The van der Waals surface area contributed by atoms with Gasteiger partial charge in [-0.1, -0.05) is 48.5 Å². The van der Waals surface area contributed by atoms with E-state index in [0.717, 1.165) is 0 Å². The number of phenolic OH excluding ortho intramolecular Hbond substituents is 2. The molecule has 3 aromatic rings. The molecule has 0 aliphatic rings. The average molecular weight is 280 g/mol. The Kier molecular flexibility index (Phi) is 3.32. The number of hydrogen-bond donors (Lipinski definition) is 2. The molecule has 21 heavy (non-hydrogen) atoms. The van der Waals surface area contributed by atoms with Crippen LogP contribution in [0, 0.1) is 5.82 Å². The van der Waals surface area contributed by atoms with Crippen LogP contribution < -0.4 is 0 Å².